The number of esters is 1. The zero-order valence-corrected chi connectivity index (χ0v) is 23.7. The molecule has 0 bridgehead atoms. The Morgan fingerprint density at radius 3 is 2.81 bits per heavy atom. The van der Waals surface area contributed by atoms with E-state index in [1.807, 2.05) is 35.4 Å². The highest BCUT2D eigenvalue weighted by atomic mass is 79.9. The molecule has 36 heavy (non-hydrogen) atoms. The van der Waals surface area contributed by atoms with Crippen LogP contribution in [0, 0.1) is 0 Å². The molecule has 3 atom stereocenters. The Labute approximate surface area is 228 Å². The highest BCUT2D eigenvalue weighted by molar-refractivity contribution is 9.26. The van der Waals surface area contributed by atoms with Crippen molar-refractivity contribution < 1.29 is 19.1 Å². The van der Waals surface area contributed by atoms with Crippen LogP contribution in [0.5, 0.6) is 0 Å². The number of hydrogen-bond acceptors (Lipinski definition) is 7. The quantitative estimate of drug-likeness (QED) is 0.232. The number of nitrogens with one attached hydrogen (secondary N) is 2. The number of alkyl halides is 2. The zero-order valence-electron chi connectivity index (χ0n) is 19.7. The van der Waals surface area contributed by atoms with Gasteiger partial charge in [-0.15, -0.1) is 16.9 Å². The zero-order chi connectivity index (χ0) is 25.8. The second-order valence-corrected chi connectivity index (χ2v) is 14.7. The molecule has 0 aliphatic carbocycles. The Morgan fingerprint density at radius 1 is 1.31 bits per heavy atom. The minimum absolute atomic E-state index is 0.0353. The van der Waals surface area contributed by atoms with Gasteiger partial charge in [-0.2, -0.15) is 0 Å². The number of amides is 2. The van der Waals surface area contributed by atoms with Crippen LogP contribution in [-0.4, -0.2) is 75.2 Å². The molecule has 2 amide bonds. The minimum Gasteiger partial charge on any atom is -0.467 e. The molecular formula is C23H24Br2N6O4S. The fraction of sp³-hybridized carbons (Fsp3) is 0.435. The molecule has 0 spiro atoms. The van der Waals surface area contributed by atoms with Gasteiger partial charge in [0.15, 0.2) is 8.93 Å². The molecule has 2 aliphatic heterocycles. The van der Waals surface area contributed by atoms with Crippen molar-refractivity contribution in [1.29, 1.82) is 0 Å². The normalized spacial score (nSPS) is 22.7. The number of carbonyl (C=O) groups is 3. The van der Waals surface area contributed by atoms with Crippen LogP contribution >= 0.6 is 43.6 Å². The third-order valence-electron chi connectivity index (χ3n) is 6.66. The number of ether oxygens (including phenoxy) is 1. The van der Waals surface area contributed by atoms with Crippen LogP contribution in [0.1, 0.15) is 29.9 Å². The van der Waals surface area contributed by atoms with E-state index < -0.39 is 21.2 Å². The van der Waals surface area contributed by atoms with Crippen LogP contribution in [0.15, 0.2) is 36.7 Å². The van der Waals surface area contributed by atoms with E-state index in [2.05, 4.69) is 66.3 Å². The molecule has 5 rings (SSSR count). The number of thioether (sulfide) groups is 1. The molecule has 2 N–H and O–H groups in total. The van der Waals surface area contributed by atoms with Gasteiger partial charge in [0.2, 0.25) is 0 Å². The first-order valence-corrected chi connectivity index (χ1v) is 13.7. The summed E-state index contributed by atoms with van der Waals surface area (Å²) in [5.74, 6) is -1.12. The number of para-hydroxylation sites is 1. The van der Waals surface area contributed by atoms with Gasteiger partial charge in [0.25, 0.3) is 11.8 Å². The van der Waals surface area contributed by atoms with Crippen molar-refractivity contribution in [2.45, 2.75) is 52.3 Å². The number of carbonyl (C=O) groups excluding carboxylic acids is 3. The summed E-state index contributed by atoms with van der Waals surface area (Å²) in [4.78, 5) is 43.1. The number of aromatic nitrogens is 4. The molecule has 2 aromatic heterocycles. The Bertz CT molecular complexity index is 1360. The number of hydrogen-bond donors (Lipinski definition) is 2. The number of methoxy groups -OCH3 is 1. The number of aromatic amines is 1. The molecule has 1 aromatic carbocycles. The molecule has 3 aromatic rings. The first kappa shape index (κ1) is 25.3. The molecule has 4 heterocycles. The fourth-order valence-corrected chi connectivity index (χ4v) is 7.63. The molecule has 0 saturated carbocycles. The van der Waals surface area contributed by atoms with Crippen LogP contribution in [0.4, 0.5) is 0 Å². The third-order valence-corrected chi connectivity index (χ3v) is 10.5. The Hall–Kier alpha value is -2.38. The van der Waals surface area contributed by atoms with E-state index in [9.17, 15) is 14.4 Å². The first-order valence-electron chi connectivity index (χ1n) is 11.2. The maximum Gasteiger partial charge on any atom is 0.328 e. The number of β-lactam (4-membered cyclic amide) rings is 1. The lowest BCUT2D eigenvalue weighted by molar-refractivity contribution is -0.144. The molecule has 2 fully saturated rings. The number of benzene rings is 1. The summed E-state index contributed by atoms with van der Waals surface area (Å²) in [5, 5.41) is 11.8. The molecular weight excluding hydrogens is 616 g/mol. The van der Waals surface area contributed by atoms with E-state index in [0.717, 1.165) is 16.5 Å². The van der Waals surface area contributed by atoms with Crippen LogP contribution < -0.4 is 5.32 Å². The summed E-state index contributed by atoms with van der Waals surface area (Å²) in [7, 11) is 1.28. The number of halogens is 2. The number of fused-ring (bicyclic) bond motifs is 2. The smallest absolute Gasteiger partial charge is 0.328 e. The van der Waals surface area contributed by atoms with Crippen LogP contribution in [0.25, 0.3) is 10.9 Å². The van der Waals surface area contributed by atoms with Crippen LogP contribution in [0.2, 0.25) is 0 Å². The van der Waals surface area contributed by atoms with E-state index in [1.54, 1.807) is 16.4 Å². The van der Waals surface area contributed by atoms with Crippen LogP contribution in [0.3, 0.4) is 0 Å². The van der Waals surface area contributed by atoms with Crippen molar-refractivity contribution in [3.05, 3.63) is 47.9 Å². The van der Waals surface area contributed by atoms with Crippen LogP contribution in [-0.2, 0) is 27.3 Å². The molecule has 190 valence electrons. The Kier molecular flexibility index (Phi) is 6.44. The lowest BCUT2D eigenvalue weighted by Crippen LogP contribution is -2.67. The van der Waals surface area contributed by atoms with Crippen molar-refractivity contribution in [1.82, 2.24) is 30.2 Å². The summed E-state index contributed by atoms with van der Waals surface area (Å²) in [6, 6.07) is 6.70. The van der Waals surface area contributed by atoms with Crippen molar-refractivity contribution in [2.75, 3.05) is 7.11 Å². The van der Waals surface area contributed by atoms with Crippen molar-refractivity contribution in [3.63, 3.8) is 0 Å². The molecule has 2 saturated heterocycles. The molecule has 0 unspecified atom stereocenters. The van der Waals surface area contributed by atoms with Gasteiger partial charge in [0.1, 0.15) is 11.4 Å². The van der Waals surface area contributed by atoms with E-state index in [0.29, 0.717) is 6.54 Å². The van der Waals surface area contributed by atoms with E-state index in [-0.39, 0.29) is 34.2 Å². The third kappa shape index (κ3) is 4.24. The monoisotopic (exact) mass is 638 g/mol. The van der Waals surface area contributed by atoms with Crippen molar-refractivity contribution in [2.24, 2.45) is 0 Å². The summed E-state index contributed by atoms with van der Waals surface area (Å²) in [5.41, 5.74) is 1.90. The first-order chi connectivity index (χ1) is 17.0. The topological polar surface area (TPSA) is 122 Å². The van der Waals surface area contributed by atoms with E-state index >= 15 is 0 Å². The summed E-state index contributed by atoms with van der Waals surface area (Å²) >= 11 is 8.65. The lowest BCUT2D eigenvalue weighted by atomic mass is 9.98. The van der Waals surface area contributed by atoms with Gasteiger partial charge >= 0.3 is 5.97 Å². The Morgan fingerprint density at radius 2 is 2.06 bits per heavy atom. The van der Waals surface area contributed by atoms with E-state index in [1.165, 1.54) is 13.3 Å². The van der Waals surface area contributed by atoms with Gasteiger partial charge in [-0.1, -0.05) is 55.3 Å². The number of nitrogens with zero attached hydrogens (tertiary/aromatic N) is 4. The second kappa shape index (κ2) is 9.18. The van der Waals surface area contributed by atoms with Gasteiger partial charge in [-0.3, -0.25) is 9.59 Å². The average Bonchev–Trinajstić information content (AvgIpc) is 3.54. The van der Waals surface area contributed by atoms with Crippen molar-refractivity contribution in [3.8, 4) is 0 Å². The second-order valence-electron chi connectivity index (χ2n) is 9.36. The largest absolute Gasteiger partial charge is 0.467 e. The number of H-pyrrole nitrogens is 1. The SMILES string of the molecule is COC(=O)[C@H](Cc1c[nH]c2ccccc12)NC(=O)c1cn(C[C@@H]2N3C(=O)C(Br)(Br)[C@H]3SC2(C)C)nn1. The minimum atomic E-state index is -0.900. The number of rotatable bonds is 7. The summed E-state index contributed by atoms with van der Waals surface area (Å²) in [6.45, 7) is 4.55. The predicted molar refractivity (Wildman–Crippen MR) is 142 cm³/mol. The average molecular weight is 640 g/mol. The molecule has 10 nitrogen and oxygen atoms in total. The lowest BCUT2D eigenvalue weighted by Gasteiger charge is -2.47. The predicted octanol–water partition coefficient (Wildman–Crippen LogP) is 2.82. The highest BCUT2D eigenvalue weighted by Crippen LogP contribution is 2.60. The van der Waals surface area contributed by atoms with Gasteiger partial charge in [-0.05, 0) is 25.5 Å². The van der Waals surface area contributed by atoms with Gasteiger partial charge < -0.3 is 19.9 Å². The van der Waals surface area contributed by atoms with E-state index in [4.69, 9.17) is 4.74 Å². The molecule has 0 radical (unpaired) electrons. The summed E-state index contributed by atoms with van der Waals surface area (Å²) in [6.07, 6.45) is 3.61. The van der Waals surface area contributed by atoms with Gasteiger partial charge in [0, 0.05) is 28.3 Å². The maximum absolute atomic E-state index is 13.0. The molecule has 2 aliphatic rings. The maximum atomic E-state index is 13.0. The van der Waals surface area contributed by atoms with Gasteiger partial charge in [-0.25, -0.2) is 9.48 Å². The Balaban J connectivity index is 1.29. The highest BCUT2D eigenvalue weighted by Gasteiger charge is 2.68. The van der Waals surface area contributed by atoms with Crippen molar-refractivity contribution >= 4 is 72.3 Å². The van der Waals surface area contributed by atoms with Gasteiger partial charge in [0.05, 0.1) is 25.9 Å². The fourth-order valence-electron chi connectivity index (χ4n) is 4.69. The molecule has 13 heteroatoms. The standard InChI is InChI=1S/C23H24Br2N6O4S/c1-22(2)17(31-20(34)23(24,25)21(31)36-22)11-30-10-16(28-29-30)18(32)27-15(19(33)35-3)8-12-9-26-14-7-5-4-6-13(12)14/h4-7,9-10,15,17,21,26H,8,11H2,1-3H3,(H,27,32)/t15-,17-,21+/m0/s1. The summed E-state index contributed by atoms with van der Waals surface area (Å²) < 4.78 is 5.51.